The molecule has 3 aliphatic rings. The van der Waals surface area contributed by atoms with E-state index in [4.69, 9.17) is 4.74 Å². The number of anilines is 1. The van der Waals surface area contributed by atoms with E-state index in [0.717, 1.165) is 0 Å². The Morgan fingerprint density at radius 1 is 1.17 bits per heavy atom. The van der Waals surface area contributed by atoms with E-state index in [2.05, 4.69) is 10.6 Å². The summed E-state index contributed by atoms with van der Waals surface area (Å²) in [5, 5.41) is 5.41. The van der Waals surface area contributed by atoms with E-state index < -0.39 is 10.0 Å². The summed E-state index contributed by atoms with van der Waals surface area (Å²) in [6, 6.07) is 4.31. The number of fused-ring (bicyclic) bond motifs is 2. The van der Waals surface area contributed by atoms with Gasteiger partial charge in [0.25, 0.3) is 5.91 Å². The van der Waals surface area contributed by atoms with E-state index in [9.17, 15) is 18.0 Å². The van der Waals surface area contributed by atoms with Crippen LogP contribution in [-0.4, -0.2) is 50.3 Å². The summed E-state index contributed by atoms with van der Waals surface area (Å²) in [7, 11) is -3.67. The van der Waals surface area contributed by atoms with Crippen molar-refractivity contribution in [2.45, 2.75) is 17.4 Å². The third kappa shape index (κ3) is 2.36. The number of hydrogen-bond donors (Lipinski definition) is 2. The Morgan fingerprint density at radius 3 is 2.78 bits per heavy atom. The first-order valence-corrected chi connectivity index (χ1v) is 8.74. The Morgan fingerprint density at radius 2 is 2.00 bits per heavy atom. The van der Waals surface area contributed by atoms with Gasteiger partial charge in [0.1, 0.15) is 5.75 Å². The van der Waals surface area contributed by atoms with Crippen molar-refractivity contribution in [1.82, 2.24) is 9.62 Å². The summed E-state index contributed by atoms with van der Waals surface area (Å²) in [6.45, 7) is 0.526. The summed E-state index contributed by atoms with van der Waals surface area (Å²) >= 11 is 0. The molecule has 4 rings (SSSR count). The third-order valence-corrected chi connectivity index (χ3v) is 6.25. The highest BCUT2D eigenvalue weighted by atomic mass is 32.2. The zero-order chi connectivity index (χ0) is 16.2. The molecule has 2 saturated heterocycles. The Balaban J connectivity index is 1.61. The fraction of sp³-hybridized carbons (Fsp3) is 0.429. The van der Waals surface area contributed by atoms with E-state index >= 15 is 0 Å². The lowest BCUT2D eigenvalue weighted by Crippen LogP contribution is -2.35. The molecule has 8 nitrogen and oxygen atoms in total. The van der Waals surface area contributed by atoms with Gasteiger partial charge in [-0.25, -0.2) is 8.42 Å². The molecule has 0 saturated carbocycles. The van der Waals surface area contributed by atoms with E-state index in [1.54, 1.807) is 6.07 Å². The summed E-state index contributed by atoms with van der Waals surface area (Å²) in [5.41, 5.74) is 0.356. The van der Waals surface area contributed by atoms with Crippen molar-refractivity contribution in [3.8, 4) is 5.75 Å². The highest BCUT2D eigenvalue weighted by Crippen LogP contribution is 2.34. The first-order valence-electron chi connectivity index (χ1n) is 7.30. The van der Waals surface area contributed by atoms with Crippen LogP contribution in [-0.2, 0) is 19.6 Å². The van der Waals surface area contributed by atoms with Crippen molar-refractivity contribution < 1.29 is 22.7 Å². The molecule has 0 radical (unpaired) electrons. The maximum Gasteiger partial charge on any atom is 0.262 e. The van der Waals surface area contributed by atoms with Crippen molar-refractivity contribution in [3.05, 3.63) is 18.2 Å². The molecule has 2 atom stereocenters. The Hall–Kier alpha value is -2.13. The average Bonchev–Trinajstić information content (AvgIpc) is 3.04. The number of nitrogens with zero attached hydrogens (tertiary/aromatic N) is 1. The van der Waals surface area contributed by atoms with Crippen LogP contribution >= 0.6 is 0 Å². The van der Waals surface area contributed by atoms with Crippen LogP contribution in [0.5, 0.6) is 5.75 Å². The second-order valence-electron chi connectivity index (χ2n) is 5.96. The number of hydrogen-bond acceptors (Lipinski definition) is 5. The Bertz CT molecular complexity index is 791. The van der Waals surface area contributed by atoms with Gasteiger partial charge in [-0.1, -0.05) is 0 Å². The molecule has 23 heavy (non-hydrogen) atoms. The van der Waals surface area contributed by atoms with Crippen LogP contribution in [0.1, 0.15) is 6.42 Å². The molecule has 3 aliphatic heterocycles. The lowest BCUT2D eigenvalue weighted by molar-refractivity contribution is -0.120. The minimum Gasteiger partial charge on any atom is -0.482 e. The van der Waals surface area contributed by atoms with Crippen LogP contribution in [0.3, 0.4) is 0 Å². The minimum atomic E-state index is -3.67. The number of benzene rings is 1. The summed E-state index contributed by atoms with van der Waals surface area (Å²) in [6.07, 6.45) is 0.366. The van der Waals surface area contributed by atoms with Gasteiger partial charge in [0, 0.05) is 31.5 Å². The van der Waals surface area contributed by atoms with Crippen LogP contribution in [0.2, 0.25) is 0 Å². The first-order chi connectivity index (χ1) is 10.9. The quantitative estimate of drug-likeness (QED) is 0.759. The number of sulfonamides is 1. The van der Waals surface area contributed by atoms with Crippen LogP contribution in [0, 0.1) is 5.92 Å². The highest BCUT2D eigenvalue weighted by molar-refractivity contribution is 7.89. The molecular weight excluding hydrogens is 322 g/mol. The Kier molecular flexibility index (Phi) is 3.10. The van der Waals surface area contributed by atoms with Gasteiger partial charge in [-0.15, -0.1) is 0 Å². The number of rotatable bonds is 2. The predicted octanol–water partition coefficient (Wildman–Crippen LogP) is -0.473. The van der Waals surface area contributed by atoms with E-state index in [1.807, 2.05) is 0 Å². The van der Waals surface area contributed by atoms with Crippen molar-refractivity contribution in [2.24, 2.45) is 5.92 Å². The average molecular weight is 337 g/mol. The fourth-order valence-corrected chi connectivity index (χ4v) is 4.82. The molecule has 3 heterocycles. The van der Waals surface area contributed by atoms with E-state index in [-0.39, 0.29) is 41.8 Å². The maximum atomic E-state index is 12.8. The minimum absolute atomic E-state index is 0.0225. The highest BCUT2D eigenvalue weighted by Gasteiger charge is 2.44. The van der Waals surface area contributed by atoms with Crippen molar-refractivity contribution in [2.75, 3.05) is 25.0 Å². The first kappa shape index (κ1) is 14.5. The molecule has 0 aromatic heterocycles. The largest absolute Gasteiger partial charge is 0.482 e. The van der Waals surface area contributed by atoms with Crippen molar-refractivity contribution in [1.29, 1.82) is 0 Å². The molecule has 2 amide bonds. The molecule has 2 N–H and O–H groups in total. The van der Waals surface area contributed by atoms with Gasteiger partial charge < -0.3 is 15.4 Å². The van der Waals surface area contributed by atoms with E-state index in [0.29, 0.717) is 24.4 Å². The normalized spacial score (nSPS) is 27.0. The number of nitrogens with one attached hydrogen (secondary N) is 2. The summed E-state index contributed by atoms with van der Waals surface area (Å²) < 4.78 is 32.2. The van der Waals surface area contributed by atoms with Crippen molar-refractivity contribution in [3.63, 3.8) is 0 Å². The van der Waals surface area contributed by atoms with Gasteiger partial charge in [-0.3, -0.25) is 9.59 Å². The molecule has 0 unspecified atom stereocenters. The molecule has 0 aliphatic carbocycles. The van der Waals surface area contributed by atoms with Gasteiger partial charge in [-0.2, -0.15) is 4.31 Å². The molecular formula is C14H15N3O5S. The lowest BCUT2D eigenvalue weighted by atomic mass is 10.1. The fourth-order valence-electron chi connectivity index (χ4n) is 3.27. The monoisotopic (exact) mass is 337 g/mol. The second-order valence-corrected chi connectivity index (χ2v) is 7.89. The maximum absolute atomic E-state index is 12.8. The topological polar surface area (TPSA) is 105 Å². The molecule has 9 heteroatoms. The smallest absolute Gasteiger partial charge is 0.262 e. The van der Waals surface area contributed by atoms with Gasteiger partial charge in [-0.05, 0) is 18.2 Å². The molecule has 1 aromatic rings. The van der Waals surface area contributed by atoms with Crippen LogP contribution in [0.25, 0.3) is 0 Å². The standard InChI is InChI=1S/C14H15N3O5S/c18-13-3-8-5-17(6-11(8)16-13)23(20,21)9-1-2-12-10(4-9)15-14(19)7-22-12/h1-2,4,8,11H,3,5-7H2,(H,15,19)(H,16,18)/t8-,11+/m0/s1. The summed E-state index contributed by atoms with van der Waals surface area (Å²) in [5.74, 6) is 0.142. The number of carbonyl (C=O) groups is 2. The van der Waals surface area contributed by atoms with E-state index in [1.165, 1.54) is 16.4 Å². The van der Waals surface area contributed by atoms with Gasteiger partial charge in [0.2, 0.25) is 15.9 Å². The molecule has 1 aromatic carbocycles. The molecule has 0 spiro atoms. The number of carbonyl (C=O) groups excluding carboxylic acids is 2. The third-order valence-electron chi connectivity index (χ3n) is 4.42. The van der Waals surface area contributed by atoms with Crippen LogP contribution in [0.15, 0.2) is 23.1 Å². The molecule has 0 bridgehead atoms. The summed E-state index contributed by atoms with van der Waals surface area (Å²) in [4.78, 5) is 22.8. The SMILES string of the molecule is O=C1COc2ccc(S(=O)(=O)N3C[C@@H]4CC(=O)N[C@@H]4C3)cc2N1. The van der Waals surface area contributed by atoms with Crippen LogP contribution < -0.4 is 15.4 Å². The lowest BCUT2D eigenvalue weighted by Gasteiger charge is -2.21. The van der Waals surface area contributed by atoms with Crippen molar-refractivity contribution >= 4 is 27.5 Å². The van der Waals surface area contributed by atoms with Crippen LogP contribution in [0.4, 0.5) is 5.69 Å². The zero-order valence-electron chi connectivity index (χ0n) is 12.1. The van der Waals surface area contributed by atoms with Gasteiger partial charge in [0.15, 0.2) is 6.61 Å². The molecule has 2 fully saturated rings. The number of ether oxygens (including phenoxy) is 1. The number of amides is 2. The zero-order valence-corrected chi connectivity index (χ0v) is 12.9. The van der Waals surface area contributed by atoms with Gasteiger partial charge in [0.05, 0.1) is 10.6 Å². The second kappa shape index (κ2) is 4.93. The van der Waals surface area contributed by atoms with Gasteiger partial charge >= 0.3 is 0 Å². The predicted molar refractivity (Wildman–Crippen MR) is 79.4 cm³/mol. The Labute approximate surface area is 132 Å². The molecule has 122 valence electrons.